The molecule has 0 aromatic heterocycles. The van der Waals surface area contributed by atoms with E-state index >= 15 is 0 Å². The fraction of sp³-hybridized carbons (Fsp3) is 0.923. The Bertz CT molecular complexity index is 272. The highest BCUT2D eigenvalue weighted by atomic mass is 32.2. The lowest BCUT2D eigenvalue weighted by Crippen LogP contribution is -2.43. The minimum absolute atomic E-state index is 0.254. The minimum Gasteiger partial charge on any atom is -0.341 e. The van der Waals surface area contributed by atoms with Gasteiger partial charge in [0.2, 0.25) is 5.91 Å². The van der Waals surface area contributed by atoms with Gasteiger partial charge in [-0.2, -0.15) is 11.8 Å². The molecule has 3 unspecified atom stereocenters. The molecule has 3 nitrogen and oxygen atoms in total. The molecule has 2 aliphatic rings. The molecule has 2 rings (SSSR count). The van der Waals surface area contributed by atoms with Gasteiger partial charge >= 0.3 is 0 Å². The Kier molecular flexibility index (Phi) is 4.74. The molecule has 0 spiro atoms. The number of nitrogens with zero attached hydrogens (tertiary/aromatic N) is 1. The second-order valence-corrected chi connectivity index (χ2v) is 6.98. The summed E-state index contributed by atoms with van der Waals surface area (Å²) in [6.45, 7) is 4.05. The highest BCUT2D eigenvalue weighted by Gasteiger charge is 2.28. The average molecular weight is 256 g/mol. The number of amides is 1. The molecule has 2 fully saturated rings. The van der Waals surface area contributed by atoms with Crippen LogP contribution >= 0.6 is 11.8 Å². The van der Waals surface area contributed by atoms with Crippen LogP contribution in [-0.4, -0.2) is 40.9 Å². The van der Waals surface area contributed by atoms with Gasteiger partial charge in [0.15, 0.2) is 0 Å². The van der Waals surface area contributed by atoms with Crippen LogP contribution in [0.15, 0.2) is 0 Å². The Morgan fingerprint density at radius 3 is 2.88 bits per heavy atom. The van der Waals surface area contributed by atoms with Crippen molar-refractivity contribution in [3.05, 3.63) is 0 Å². The SMILES string of the molecule is CC1CN(C(=O)CC2CCCCC2N)CCS1. The van der Waals surface area contributed by atoms with Crippen LogP contribution in [-0.2, 0) is 4.79 Å². The lowest BCUT2D eigenvalue weighted by Gasteiger charge is -2.34. The summed E-state index contributed by atoms with van der Waals surface area (Å²) in [5.41, 5.74) is 6.11. The van der Waals surface area contributed by atoms with E-state index in [-0.39, 0.29) is 6.04 Å². The normalized spacial score (nSPS) is 34.7. The van der Waals surface area contributed by atoms with Crippen molar-refractivity contribution in [3.8, 4) is 0 Å². The Labute approximate surface area is 108 Å². The van der Waals surface area contributed by atoms with Gasteiger partial charge in [-0.3, -0.25) is 4.79 Å². The Morgan fingerprint density at radius 1 is 1.41 bits per heavy atom. The van der Waals surface area contributed by atoms with Crippen molar-refractivity contribution < 1.29 is 4.79 Å². The molecule has 98 valence electrons. The Balaban J connectivity index is 1.83. The highest BCUT2D eigenvalue weighted by molar-refractivity contribution is 7.99. The lowest BCUT2D eigenvalue weighted by atomic mass is 9.82. The first kappa shape index (κ1) is 13.2. The number of rotatable bonds is 2. The van der Waals surface area contributed by atoms with E-state index in [4.69, 9.17) is 5.73 Å². The molecule has 1 heterocycles. The summed E-state index contributed by atoms with van der Waals surface area (Å²) in [6, 6.07) is 0.254. The molecule has 1 amide bonds. The summed E-state index contributed by atoms with van der Waals surface area (Å²) < 4.78 is 0. The second kappa shape index (κ2) is 6.10. The largest absolute Gasteiger partial charge is 0.341 e. The summed E-state index contributed by atoms with van der Waals surface area (Å²) in [6.07, 6.45) is 5.41. The molecule has 0 bridgehead atoms. The maximum absolute atomic E-state index is 12.2. The van der Waals surface area contributed by atoms with Gasteiger partial charge < -0.3 is 10.6 Å². The average Bonchev–Trinajstić information content (AvgIpc) is 2.32. The van der Waals surface area contributed by atoms with Crippen molar-refractivity contribution in [1.29, 1.82) is 0 Å². The van der Waals surface area contributed by atoms with Gasteiger partial charge in [-0.05, 0) is 18.8 Å². The Morgan fingerprint density at radius 2 is 2.18 bits per heavy atom. The fourth-order valence-electron chi connectivity index (χ4n) is 2.89. The van der Waals surface area contributed by atoms with E-state index in [1.807, 2.05) is 16.7 Å². The highest BCUT2D eigenvalue weighted by Crippen LogP contribution is 2.27. The minimum atomic E-state index is 0.254. The molecule has 0 radical (unpaired) electrons. The summed E-state index contributed by atoms with van der Waals surface area (Å²) >= 11 is 1.97. The van der Waals surface area contributed by atoms with Crippen LogP contribution in [0.25, 0.3) is 0 Å². The summed E-state index contributed by atoms with van der Waals surface area (Å²) in [7, 11) is 0. The molecule has 1 saturated carbocycles. The third-order valence-corrected chi connectivity index (χ3v) is 5.13. The van der Waals surface area contributed by atoms with Crippen molar-refractivity contribution in [3.63, 3.8) is 0 Å². The van der Waals surface area contributed by atoms with Crippen LogP contribution in [0.4, 0.5) is 0 Å². The standard InChI is InChI=1S/C13H24N2OS/c1-10-9-15(6-7-17-10)13(16)8-11-4-2-3-5-12(11)14/h10-12H,2-9,14H2,1H3. The lowest BCUT2D eigenvalue weighted by molar-refractivity contribution is -0.132. The quantitative estimate of drug-likeness (QED) is 0.820. The number of hydrogen-bond acceptors (Lipinski definition) is 3. The first-order valence-corrected chi connectivity index (χ1v) is 7.86. The smallest absolute Gasteiger partial charge is 0.222 e. The first-order valence-electron chi connectivity index (χ1n) is 6.82. The predicted molar refractivity (Wildman–Crippen MR) is 73.1 cm³/mol. The molecule has 1 saturated heterocycles. The summed E-state index contributed by atoms with van der Waals surface area (Å²) in [5, 5.41) is 0.590. The van der Waals surface area contributed by atoms with Gasteiger partial charge in [0, 0.05) is 36.6 Å². The maximum atomic E-state index is 12.2. The van der Waals surface area contributed by atoms with Crippen molar-refractivity contribution in [2.45, 2.75) is 50.3 Å². The van der Waals surface area contributed by atoms with Crippen LogP contribution < -0.4 is 5.73 Å². The molecule has 1 aliphatic heterocycles. The number of carbonyl (C=O) groups is 1. The molecule has 1 aliphatic carbocycles. The molecule has 4 heteroatoms. The number of thioether (sulfide) groups is 1. The van der Waals surface area contributed by atoms with Gasteiger partial charge in [0.25, 0.3) is 0 Å². The predicted octanol–water partition coefficient (Wildman–Crippen LogP) is 1.86. The van der Waals surface area contributed by atoms with Gasteiger partial charge in [-0.15, -0.1) is 0 Å². The molecule has 0 aromatic rings. The Hall–Kier alpha value is -0.220. The third kappa shape index (κ3) is 3.62. The van der Waals surface area contributed by atoms with E-state index in [0.717, 1.165) is 31.7 Å². The monoisotopic (exact) mass is 256 g/mol. The zero-order valence-corrected chi connectivity index (χ0v) is 11.5. The maximum Gasteiger partial charge on any atom is 0.222 e. The molecule has 3 atom stereocenters. The van der Waals surface area contributed by atoms with Gasteiger partial charge in [0.05, 0.1) is 0 Å². The number of hydrogen-bond donors (Lipinski definition) is 1. The summed E-state index contributed by atoms with van der Waals surface area (Å²) in [5.74, 6) is 1.85. The van der Waals surface area contributed by atoms with Crippen LogP contribution in [0.3, 0.4) is 0 Å². The molecular formula is C13H24N2OS. The van der Waals surface area contributed by atoms with Crippen molar-refractivity contribution in [2.24, 2.45) is 11.7 Å². The zero-order chi connectivity index (χ0) is 12.3. The van der Waals surface area contributed by atoms with Crippen LogP contribution in [0.1, 0.15) is 39.0 Å². The topological polar surface area (TPSA) is 46.3 Å². The van der Waals surface area contributed by atoms with E-state index in [0.29, 0.717) is 23.5 Å². The van der Waals surface area contributed by atoms with Gasteiger partial charge in [-0.25, -0.2) is 0 Å². The van der Waals surface area contributed by atoms with Crippen LogP contribution in [0.2, 0.25) is 0 Å². The number of nitrogens with two attached hydrogens (primary N) is 1. The second-order valence-electron chi connectivity index (χ2n) is 5.43. The van der Waals surface area contributed by atoms with E-state index in [2.05, 4.69) is 6.92 Å². The summed E-state index contributed by atoms with van der Waals surface area (Å²) in [4.78, 5) is 14.3. The molecule has 0 aromatic carbocycles. The third-order valence-electron chi connectivity index (χ3n) is 4.00. The van der Waals surface area contributed by atoms with Crippen molar-refractivity contribution >= 4 is 17.7 Å². The van der Waals surface area contributed by atoms with Crippen LogP contribution in [0, 0.1) is 5.92 Å². The van der Waals surface area contributed by atoms with Crippen molar-refractivity contribution in [1.82, 2.24) is 4.90 Å². The van der Waals surface area contributed by atoms with Crippen LogP contribution in [0.5, 0.6) is 0 Å². The zero-order valence-electron chi connectivity index (χ0n) is 10.7. The molecular weight excluding hydrogens is 232 g/mol. The van der Waals surface area contributed by atoms with E-state index < -0.39 is 0 Å². The van der Waals surface area contributed by atoms with Gasteiger partial charge in [-0.1, -0.05) is 19.8 Å². The molecule has 17 heavy (non-hydrogen) atoms. The van der Waals surface area contributed by atoms with E-state index in [9.17, 15) is 4.79 Å². The first-order chi connectivity index (χ1) is 8.16. The van der Waals surface area contributed by atoms with Crippen molar-refractivity contribution in [2.75, 3.05) is 18.8 Å². The van der Waals surface area contributed by atoms with E-state index in [1.165, 1.54) is 12.8 Å². The number of carbonyl (C=O) groups excluding carboxylic acids is 1. The van der Waals surface area contributed by atoms with E-state index in [1.54, 1.807) is 0 Å². The van der Waals surface area contributed by atoms with Gasteiger partial charge in [0.1, 0.15) is 0 Å². The fourth-order valence-corrected chi connectivity index (χ4v) is 3.90. The molecule has 2 N–H and O–H groups in total.